The minimum absolute atomic E-state index is 0.0313. The van der Waals surface area contributed by atoms with E-state index in [1.54, 1.807) is 27.9 Å². The summed E-state index contributed by atoms with van der Waals surface area (Å²) in [6, 6.07) is 1.62. The van der Waals surface area contributed by atoms with Crippen molar-refractivity contribution in [2.24, 2.45) is 5.73 Å². The molecule has 7 nitrogen and oxygen atoms in total. The van der Waals surface area contributed by atoms with Crippen molar-refractivity contribution in [3.63, 3.8) is 0 Å². The molecule has 1 heterocycles. The second kappa shape index (κ2) is 10.9. The van der Waals surface area contributed by atoms with E-state index in [-0.39, 0.29) is 41.5 Å². The first kappa shape index (κ1) is 27.9. The van der Waals surface area contributed by atoms with Crippen LogP contribution in [0.4, 0.5) is 18.9 Å². The molecule has 10 heteroatoms. The third-order valence-corrected chi connectivity index (χ3v) is 5.66. The first-order chi connectivity index (χ1) is 15.7. The quantitative estimate of drug-likeness (QED) is 0.508. The van der Waals surface area contributed by atoms with E-state index in [0.29, 0.717) is 26.0 Å². The van der Waals surface area contributed by atoms with Crippen molar-refractivity contribution in [3.05, 3.63) is 23.3 Å². The highest BCUT2D eigenvalue weighted by Gasteiger charge is 2.43. The third-order valence-electron chi connectivity index (χ3n) is 5.66. The molecule has 34 heavy (non-hydrogen) atoms. The number of benzene rings is 1. The Labute approximate surface area is 199 Å². The van der Waals surface area contributed by atoms with Gasteiger partial charge >= 0.3 is 6.18 Å². The number of alkyl halides is 3. The Balaban J connectivity index is 2.52. The first-order valence-corrected chi connectivity index (χ1v) is 11.5. The van der Waals surface area contributed by atoms with Gasteiger partial charge in [-0.3, -0.25) is 9.59 Å². The van der Waals surface area contributed by atoms with E-state index >= 15 is 0 Å². The zero-order chi connectivity index (χ0) is 25.8. The Bertz CT molecular complexity index is 885. The number of unbranched alkanes of at least 4 members (excludes halogenated alkanes) is 1. The number of nitrogens with zero attached hydrogens (tertiary/aromatic N) is 2. The summed E-state index contributed by atoms with van der Waals surface area (Å²) in [6.45, 7) is 9.39. The zero-order valence-electron chi connectivity index (χ0n) is 20.8. The zero-order valence-corrected chi connectivity index (χ0v) is 20.8. The van der Waals surface area contributed by atoms with E-state index in [2.05, 4.69) is 0 Å². The maximum absolute atomic E-state index is 14.0. The van der Waals surface area contributed by atoms with Crippen LogP contribution in [0.25, 0.3) is 0 Å². The van der Waals surface area contributed by atoms with Gasteiger partial charge in [0.1, 0.15) is 5.75 Å². The molecule has 0 saturated carbocycles. The lowest BCUT2D eigenvalue weighted by Crippen LogP contribution is -2.53. The minimum atomic E-state index is -4.70. The number of carbonyl (C=O) groups is 2. The molecule has 0 aromatic heterocycles. The molecule has 0 unspecified atom stereocenters. The number of rotatable bonds is 10. The molecule has 0 spiro atoms. The van der Waals surface area contributed by atoms with Gasteiger partial charge in [0, 0.05) is 38.9 Å². The summed E-state index contributed by atoms with van der Waals surface area (Å²) in [4.78, 5) is 29.0. The second-order valence-electron chi connectivity index (χ2n) is 9.54. The van der Waals surface area contributed by atoms with Crippen molar-refractivity contribution in [3.8, 4) is 5.75 Å². The number of fused-ring (bicyclic) bond motifs is 1. The van der Waals surface area contributed by atoms with Gasteiger partial charge in [0.05, 0.1) is 17.7 Å². The van der Waals surface area contributed by atoms with Crippen LogP contribution < -0.4 is 15.4 Å². The fourth-order valence-corrected chi connectivity index (χ4v) is 3.98. The van der Waals surface area contributed by atoms with Crippen LogP contribution in [-0.2, 0) is 26.9 Å². The molecule has 0 radical (unpaired) electrons. The Morgan fingerprint density at radius 3 is 2.41 bits per heavy atom. The smallest absolute Gasteiger partial charge is 0.416 e. The first-order valence-electron chi connectivity index (χ1n) is 11.5. The third kappa shape index (κ3) is 6.63. The molecule has 1 aliphatic rings. The molecule has 0 aliphatic carbocycles. The summed E-state index contributed by atoms with van der Waals surface area (Å²) in [5, 5.41) is 0. The molecular weight excluding hydrogens is 451 g/mol. The van der Waals surface area contributed by atoms with E-state index in [4.69, 9.17) is 15.2 Å². The van der Waals surface area contributed by atoms with Gasteiger partial charge in [-0.25, -0.2) is 0 Å². The molecule has 2 N–H and O–H groups in total. The van der Waals surface area contributed by atoms with Gasteiger partial charge in [-0.2, -0.15) is 13.2 Å². The average Bonchev–Trinajstić information content (AvgIpc) is 2.70. The van der Waals surface area contributed by atoms with Crippen molar-refractivity contribution in [1.82, 2.24) is 4.90 Å². The molecule has 0 saturated heterocycles. The lowest BCUT2D eigenvalue weighted by Gasteiger charge is -2.39. The SMILES string of the molecule is COCCCCN1C(=O)C(C)(C)Oc2cc(C(F)(F)F)c(CC(=O)N(C[C@@H](C)N)C(C)C)cc21. The van der Waals surface area contributed by atoms with Gasteiger partial charge in [-0.15, -0.1) is 0 Å². The van der Waals surface area contributed by atoms with Crippen molar-refractivity contribution in [2.45, 2.75) is 77.7 Å². The molecule has 1 aromatic carbocycles. The maximum atomic E-state index is 14.0. The fourth-order valence-electron chi connectivity index (χ4n) is 3.98. The number of nitrogens with two attached hydrogens (primary N) is 1. The summed E-state index contributed by atoms with van der Waals surface area (Å²) in [5.41, 5.74) is 3.60. The van der Waals surface area contributed by atoms with Crippen molar-refractivity contribution < 1.29 is 32.2 Å². The fraction of sp³-hybridized carbons (Fsp3) is 0.667. The monoisotopic (exact) mass is 487 g/mol. The molecule has 1 atom stereocenters. The molecule has 0 fully saturated rings. The van der Waals surface area contributed by atoms with Crippen LogP contribution in [0, 0.1) is 0 Å². The molecule has 1 aliphatic heterocycles. The van der Waals surface area contributed by atoms with Gasteiger partial charge in [-0.1, -0.05) is 0 Å². The lowest BCUT2D eigenvalue weighted by atomic mass is 9.97. The Kier molecular flexibility index (Phi) is 8.98. The Morgan fingerprint density at radius 2 is 1.88 bits per heavy atom. The Morgan fingerprint density at radius 1 is 1.24 bits per heavy atom. The summed E-state index contributed by atoms with van der Waals surface area (Å²) < 4.78 is 52.7. The van der Waals surface area contributed by atoms with E-state index < -0.39 is 29.7 Å². The van der Waals surface area contributed by atoms with Crippen molar-refractivity contribution >= 4 is 17.5 Å². The van der Waals surface area contributed by atoms with E-state index in [1.165, 1.54) is 29.7 Å². The van der Waals surface area contributed by atoms with E-state index in [1.807, 2.05) is 0 Å². The summed E-state index contributed by atoms with van der Waals surface area (Å²) in [7, 11) is 1.58. The van der Waals surface area contributed by atoms with Crippen LogP contribution >= 0.6 is 0 Å². The number of carbonyl (C=O) groups excluding carboxylic acids is 2. The summed E-state index contributed by atoms with van der Waals surface area (Å²) in [5.74, 6) is -0.848. The average molecular weight is 488 g/mol. The largest absolute Gasteiger partial charge is 0.476 e. The highest BCUT2D eigenvalue weighted by atomic mass is 19.4. The standard InChI is InChI=1S/C24H36F3N3O4/c1-15(2)30(14-16(3)28)21(31)12-17-11-19-20(13-18(17)24(25,26)27)34-23(4,5)22(32)29(19)9-7-8-10-33-6/h11,13,15-16H,7-10,12,14,28H2,1-6H3/t16-/m1/s1. The number of hydrogen-bond acceptors (Lipinski definition) is 5. The molecule has 192 valence electrons. The lowest BCUT2D eigenvalue weighted by molar-refractivity contribution is -0.139. The van der Waals surface area contributed by atoms with Crippen LogP contribution in [-0.4, -0.2) is 61.2 Å². The van der Waals surface area contributed by atoms with Crippen molar-refractivity contribution in [2.75, 3.05) is 31.7 Å². The summed E-state index contributed by atoms with van der Waals surface area (Å²) >= 11 is 0. The van der Waals surface area contributed by atoms with Crippen LogP contribution in [0.3, 0.4) is 0 Å². The normalized spacial score (nSPS) is 16.3. The maximum Gasteiger partial charge on any atom is 0.416 e. The highest BCUT2D eigenvalue weighted by molar-refractivity contribution is 6.02. The molecule has 2 rings (SSSR count). The molecule has 2 amide bonds. The van der Waals surface area contributed by atoms with Gasteiger partial charge in [0.25, 0.3) is 5.91 Å². The predicted octanol–water partition coefficient (Wildman–Crippen LogP) is 3.76. The van der Waals surface area contributed by atoms with Crippen LogP contribution in [0.1, 0.15) is 58.6 Å². The predicted molar refractivity (Wildman–Crippen MR) is 124 cm³/mol. The number of amides is 2. The van der Waals surface area contributed by atoms with Gasteiger partial charge in [0.15, 0.2) is 5.60 Å². The van der Waals surface area contributed by atoms with Crippen LogP contribution in [0.2, 0.25) is 0 Å². The van der Waals surface area contributed by atoms with E-state index in [0.717, 1.165) is 6.07 Å². The van der Waals surface area contributed by atoms with Gasteiger partial charge < -0.3 is 25.0 Å². The number of hydrogen-bond donors (Lipinski definition) is 1. The molecular formula is C24H36F3N3O4. The second-order valence-corrected chi connectivity index (χ2v) is 9.54. The van der Waals surface area contributed by atoms with E-state index in [9.17, 15) is 22.8 Å². The number of ether oxygens (including phenoxy) is 2. The minimum Gasteiger partial charge on any atom is -0.476 e. The summed E-state index contributed by atoms with van der Waals surface area (Å²) in [6.07, 6.45) is -3.89. The molecule has 0 bridgehead atoms. The number of anilines is 1. The highest BCUT2D eigenvalue weighted by Crippen LogP contribution is 2.44. The molecule has 1 aromatic rings. The van der Waals surface area contributed by atoms with Crippen LogP contribution in [0.5, 0.6) is 5.75 Å². The van der Waals surface area contributed by atoms with Crippen LogP contribution in [0.15, 0.2) is 12.1 Å². The topological polar surface area (TPSA) is 85.1 Å². The van der Waals surface area contributed by atoms with Gasteiger partial charge in [0.2, 0.25) is 5.91 Å². The number of halogens is 3. The van der Waals surface area contributed by atoms with Crippen molar-refractivity contribution in [1.29, 1.82) is 0 Å². The Hall–Kier alpha value is -2.33. The van der Waals surface area contributed by atoms with Gasteiger partial charge in [-0.05, 0) is 65.2 Å². The number of methoxy groups -OCH3 is 1.